The lowest BCUT2D eigenvalue weighted by atomic mass is 10.0. The lowest BCUT2D eigenvalue weighted by Gasteiger charge is -2.15. The fourth-order valence-corrected chi connectivity index (χ4v) is 4.53. The maximum absolute atomic E-state index is 13.4. The molecule has 0 N–H and O–H groups in total. The lowest BCUT2D eigenvalue weighted by molar-refractivity contribution is -0.123. The first kappa shape index (κ1) is 20.6. The SMILES string of the molecule is CC(=O)N1C(=O)C(c2ccccc2)=c2cc3c(cc21)=C(c1ccc(C)cc1)C(=O)N3C(C)=O. The summed E-state index contributed by atoms with van der Waals surface area (Å²) >= 11 is 0. The topological polar surface area (TPSA) is 74.8 Å². The Labute approximate surface area is 190 Å². The highest BCUT2D eigenvalue weighted by Gasteiger charge is 2.38. The van der Waals surface area contributed by atoms with Gasteiger partial charge < -0.3 is 0 Å². The molecule has 0 aromatic heterocycles. The predicted octanol–water partition coefficient (Wildman–Crippen LogP) is 2.18. The van der Waals surface area contributed by atoms with Crippen molar-refractivity contribution in [2.45, 2.75) is 20.8 Å². The Morgan fingerprint density at radius 1 is 0.636 bits per heavy atom. The van der Waals surface area contributed by atoms with E-state index in [4.69, 9.17) is 0 Å². The molecule has 3 aromatic carbocycles. The van der Waals surface area contributed by atoms with Crippen molar-refractivity contribution in [3.63, 3.8) is 0 Å². The fourth-order valence-electron chi connectivity index (χ4n) is 4.53. The Morgan fingerprint density at radius 3 is 1.48 bits per heavy atom. The fraction of sp³-hybridized carbons (Fsp3) is 0.111. The van der Waals surface area contributed by atoms with Gasteiger partial charge in [0.05, 0.1) is 22.5 Å². The van der Waals surface area contributed by atoms with Gasteiger partial charge in [0.25, 0.3) is 11.8 Å². The van der Waals surface area contributed by atoms with E-state index < -0.39 is 23.6 Å². The van der Waals surface area contributed by atoms with Crippen molar-refractivity contribution < 1.29 is 19.2 Å². The summed E-state index contributed by atoms with van der Waals surface area (Å²) in [5.41, 5.74) is 3.92. The first-order chi connectivity index (χ1) is 15.8. The second kappa shape index (κ2) is 7.38. The molecule has 2 aliphatic heterocycles. The highest BCUT2D eigenvalue weighted by atomic mass is 16.2. The quantitative estimate of drug-likeness (QED) is 0.617. The van der Waals surface area contributed by atoms with Crippen LogP contribution in [0, 0.1) is 6.92 Å². The number of amides is 4. The Bertz CT molecular complexity index is 1500. The maximum Gasteiger partial charge on any atom is 0.266 e. The first-order valence-corrected chi connectivity index (χ1v) is 10.5. The number of carbonyl (C=O) groups is 4. The summed E-state index contributed by atoms with van der Waals surface area (Å²) in [4.78, 5) is 53.9. The van der Waals surface area contributed by atoms with Gasteiger partial charge in [-0.05, 0) is 30.2 Å². The number of fused-ring (bicyclic) bond motifs is 2. The van der Waals surface area contributed by atoms with Crippen molar-refractivity contribution in [2.24, 2.45) is 0 Å². The number of aryl methyl sites for hydroxylation is 1. The molecule has 5 rings (SSSR count). The van der Waals surface area contributed by atoms with Crippen LogP contribution in [-0.4, -0.2) is 23.6 Å². The highest BCUT2D eigenvalue weighted by molar-refractivity contribution is 6.39. The first-order valence-electron chi connectivity index (χ1n) is 10.5. The van der Waals surface area contributed by atoms with Crippen LogP contribution in [0.25, 0.3) is 11.1 Å². The van der Waals surface area contributed by atoms with E-state index in [0.29, 0.717) is 44.1 Å². The molecule has 0 radical (unpaired) electrons. The minimum atomic E-state index is -0.426. The zero-order chi connectivity index (χ0) is 23.4. The van der Waals surface area contributed by atoms with Crippen LogP contribution in [0.4, 0.5) is 11.4 Å². The van der Waals surface area contributed by atoms with E-state index in [1.807, 2.05) is 49.4 Å². The molecule has 0 bridgehead atoms. The monoisotopic (exact) mass is 436 g/mol. The van der Waals surface area contributed by atoms with Crippen LogP contribution in [0.5, 0.6) is 0 Å². The van der Waals surface area contributed by atoms with E-state index in [0.717, 1.165) is 15.4 Å². The van der Waals surface area contributed by atoms with Gasteiger partial charge >= 0.3 is 0 Å². The van der Waals surface area contributed by atoms with Gasteiger partial charge in [-0.25, -0.2) is 9.80 Å². The Hall–Kier alpha value is -4.32. The largest absolute Gasteiger partial charge is 0.274 e. The van der Waals surface area contributed by atoms with Crippen LogP contribution in [0.3, 0.4) is 0 Å². The molecular formula is C27H20N2O4. The van der Waals surface area contributed by atoms with Crippen molar-refractivity contribution in [2.75, 3.05) is 9.80 Å². The number of nitrogens with zero attached hydrogens (tertiary/aromatic N) is 2. The molecule has 4 amide bonds. The number of hydrogen-bond donors (Lipinski definition) is 0. The molecule has 0 fully saturated rings. The normalized spacial score (nSPS) is 14.6. The molecule has 0 unspecified atom stereocenters. The lowest BCUT2D eigenvalue weighted by Crippen LogP contribution is -2.34. The summed E-state index contributed by atoms with van der Waals surface area (Å²) in [5.74, 6) is -1.69. The Morgan fingerprint density at radius 2 is 1.06 bits per heavy atom. The van der Waals surface area contributed by atoms with Crippen molar-refractivity contribution in [3.05, 3.63) is 93.9 Å². The third kappa shape index (κ3) is 3.03. The molecule has 3 aromatic rings. The zero-order valence-electron chi connectivity index (χ0n) is 18.4. The van der Waals surface area contributed by atoms with Crippen molar-refractivity contribution in [3.8, 4) is 0 Å². The van der Waals surface area contributed by atoms with E-state index >= 15 is 0 Å². The van der Waals surface area contributed by atoms with Gasteiger partial charge in [-0.1, -0.05) is 60.2 Å². The van der Waals surface area contributed by atoms with Crippen molar-refractivity contribution in [1.82, 2.24) is 0 Å². The van der Waals surface area contributed by atoms with Gasteiger partial charge in [0, 0.05) is 24.3 Å². The summed E-state index contributed by atoms with van der Waals surface area (Å²) in [6, 6.07) is 19.9. The van der Waals surface area contributed by atoms with Gasteiger partial charge in [-0.2, -0.15) is 0 Å². The van der Waals surface area contributed by atoms with Crippen LogP contribution < -0.4 is 20.2 Å². The van der Waals surface area contributed by atoms with Gasteiger partial charge in [0.15, 0.2) is 0 Å². The molecule has 0 spiro atoms. The van der Waals surface area contributed by atoms with Crippen LogP contribution >= 0.6 is 0 Å². The van der Waals surface area contributed by atoms with Crippen LogP contribution in [0.15, 0.2) is 66.7 Å². The molecule has 33 heavy (non-hydrogen) atoms. The number of carbonyl (C=O) groups excluding carboxylic acids is 4. The van der Waals surface area contributed by atoms with Gasteiger partial charge in [-0.3, -0.25) is 19.2 Å². The van der Waals surface area contributed by atoms with Gasteiger partial charge in [0.1, 0.15) is 0 Å². The van der Waals surface area contributed by atoms with Crippen molar-refractivity contribution in [1.29, 1.82) is 0 Å². The average Bonchev–Trinajstić information content (AvgIpc) is 3.22. The number of anilines is 2. The average molecular weight is 436 g/mol. The number of imide groups is 2. The summed E-state index contributed by atoms with van der Waals surface area (Å²) in [6.45, 7) is 4.62. The minimum Gasteiger partial charge on any atom is -0.274 e. The summed E-state index contributed by atoms with van der Waals surface area (Å²) < 4.78 is 0. The molecule has 2 aliphatic rings. The Kier molecular flexibility index (Phi) is 4.60. The van der Waals surface area contributed by atoms with E-state index in [-0.39, 0.29) is 0 Å². The van der Waals surface area contributed by atoms with E-state index in [1.165, 1.54) is 13.8 Å². The van der Waals surface area contributed by atoms with Gasteiger partial charge in [-0.15, -0.1) is 0 Å². The maximum atomic E-state index is 13.4. The number of hydrogen-bond acceptors (Lipinski definition) is 4. The molecule has 6 heteroatoms. The minimum absolute atomic E-state index is 0.364. The van der Waals surface area contributed by atoms with Gasteiger partial charge in [0.2, 0.25) is 11.8 Å². The van der Waals surface area contributed by atoms with Crippen LogP contribution in [0.1, 0.15) is 30.5 Å². The second-order valence-electron chi connectivity index (χ2n) is 8.19. The zero-order valence-corrected chi connectivity index (χ0v) is 18.4. The second-order valence-corrected chi connectivity index (χ2v) is 8.19. The van der Waals surface area contributed by atoms with E-state index in [2.05, 4.69) is 0 Å². The van der Waals surface area contributed by atoms with Crippen LogP contribution in [-0.2, 0) is 19.2 Å². The molecule has 6 nitrogen and oxygen atoms in total. The summed E-state index contributed by atoms with van der Waals surface area (Å²) in [6.07, 6.45) is 0. The summed E-state index contributed by atoms with van der Waals surface area (Å²) in [5, 5.41) is 1.04. The molecule has 2 heterocycles. The molecular weight excluding hydrogens is 416 g/mol. The standard InChI is InChI=1S/C27H20N2O4/c1-15-9-11-19(12-10-15)25-21-14-22-20(13-23(21)29(17(3)31)27(25)33)24(18-7-5-4-6-8-18)26(32)28(22)16(2)30/h4-14H,1-3H3. The predicted molar refractivity (Wildman–Crippen MR) is 125 cm³/mol. The Balaban J connectivity index is 1.90. The molecule has 0 aliphatic carbocycles. The molecule has 0 saturated carbocycles. The molecule has 162 valence electrons. The third-order valence-electron chi connectivity index (χ3n) is 6.00. The molecule has 0 atom stereocenters. The van der Waals surface area contributed by atoms with Crippen LogP contribution in [0.2, 0.25) is 0 Å². The van der Waals surface area contributed by atoms with Crippen molar-refractivity contribution >= 4 is 46.1 Å². The third-order valence-corrected chi connectivity index (χ3v) is 6.00. The van der Waals surface area contributed by atoms with E-state index in [1.54, 1.807) is 24.3 Å². The summed E-state index contributed by atoms with van der Waals surface area (Å²) in [7, 11) is 0. The highest BCUT2D eigenvalue weighted by Crippen LogP contribution is 2.30. The molecule has 0 saturated heterocycles. The smallest absolute Gasteiger partial charge is 0.266 e. The van der Waals surface area contributed by atoms with E-state index in [9.17, 15) is 19.2 Å². The number of benzene rings is 3. The number of rotatable bonds is 2.